The summed E-state index contributed by atoms with van der Waals surface area (Å²) >= 11 is 6.04. The van der Waals surface area contributed by atoms with Gasteiger partial charge in [0, 0.05) is 31.2 Å². The molecule has 0 radical (unpaired) electrons. The number of carbonyl (C=O) groups excluding carboxylic acids is 1. The highest BCUT2D eigenvalue weighted by molar-refractivity contribution is 6.34. The van der Waals surface area contributed by atoms with E-state index in [-0.39, 0.29) is 5.78 Å². The van der Waals surface area contributed by atoms with Gasteiger partial charge in [0.1, 0.15) is 0 Å². The van der Waals surface area contributed by atoms with Gasteiger partial charge in [0.05, 0.1) is 11.6 Å². The first-order chi connectivity index (χ1) is 8.58. The molecule has 0 aliphatic carbocycles. The van der Waals surface area contributed by atoms with Crippen LogP contribution in [0.5, 0.6) is 0 Å². The molecule has 1 aliphatic heterocycles. The van der Waals surface area contributed by atoms with E-state index >= 15 is 0 Å². The molecule has 0 N–H and O–H groups in total. The number of likely N-dealkylation sites (N-methyl/N-ethyl adjacent to an activating group) is 1. The number of piperazine rings is 1. The van der Waals surface area contributed by atoms with Crippen LogP contribution in [0.2, 0.25) is 5.02 Å². The average molecular weight is 267 g/mol. The average Bonchev–Trinajstić information content (AvgIpc) is 2.34. The maximum atomic E-state index is 12.2. The fraction of sp³-hybridized carbons (Fsp3) is 0.500. The molecule has 1 aromatic rings. The number of nitrogens with zero attached hydrogens (tertiary/aromatic N) is 2. The molecule has 3 nitrogen and oxygen atoms in total. The van der Waals surface area contributed by atoms with Crippen molar-refractivity contribution in [2.75, 3.05) is 33.2 Å². The van der Waals surface area contributed by atoms with E-state index in [1.807, 2.05) is 12.1 Å². The predicted molar refractivity (Wildman–Crippen MR) is 74.3 cm³/mol. The molecular formula is C14H19ClN2O. The summed E-state index contributed by atoms with van der Waals surface area (Å²) in [6.07, 6.45) is 0. The predicted octanol–water partition coefficient (Wildman–Crippen LogP) is 2.16. The zero-order valence-electron chi connectivity index (χ0n) is 10.9. The Morgan fingerprint density at radius 2 is 2.11 bits per heavy atom. The Kier molecular flexibility index (Phi) is 4.38. The lowest BCUT2D eigenvalue weighted by Crippen LogP contribution is -2.51. The normalized spacial score (nSPS) is 22.1. The van der Waals surface area contributed by atoms with Crippen LogP contribution in [0.25, 0.3) is 0 Å². The molecule has 0 spiro atoms. The lowest BCUT2D eigenvalue weighted by atomic mass is 10.1. The van der Waals surface area contributed by atoms with Crippen molar-refractivity contribution in [3.8, 4) is 0 Å². The van der Waals surface area contributed by atoms with Gasteiger partial charge in [0.15, 0.2) is 5.78 Å². The van der Waals surface area contributed by atoms with Crippen LogP contribution in [0.3, 0.4) is 0 Å². The van der Waals surface area contributed by atoms with E-state index in [0.29, 0.717) is 23.2 Å². The lowest BCUT2D eigenvalue weighted by molar-refractivity contribution is 0.0786. The minimum absolute atomic E-state index is 0.109. The van der Waals surface area contributed by atoms with Gasteiger partial charge in [-0.2, -0.15) is 0 Å². The third-order valence-corrected chi connectivity index (χ3v) is 3.91. The topological polar surface area (TPSA) is 23.6 Å². The van der Waals surface area contributed by atoms with Crippen LogP contribution in [0.1, 0.15) is 17.3 Å². The highest BCUT2D eigenvalue weighted by atomic mass is 35.5. The third kappa shape index (κ3) is 3.10. The molecule has 1 atom stereocenters. The first-order valence-corrected chi connectivity index (χ1v) is 6.66. The molecular weight excluding hydrogens is 248 g/mol. The third-order valence-electron chi connectivity index (χ3n) is 3.59. The van der Waals surface area contributed by atoms with E-state index in [1.165, 1.54) is 0 Å². The van der Waals surface area contributed by atoms with Crippen molar-refractivity contribution < 1.29 is 4.79 Å². The summed E-state index contributed by atoms with van der Waals surface area (Å²) in [6, 6.07) is 7.76. The number of Topliss-reactive ketones (excluding diaryl/α,β-unsaturated/α-hetero) is 1. The van der Waals surface area contributed by atoms with Crippen molar-refractivity contribution in [1.82, 2.24) is 9.80 Å². The van der Waals surface area contributed by atoms with Crippen molar-refractivity contribution in [1.29, 1.82) is 0 Å². The molecule has 4 heteroatoms. The molecule has 0 bridgehead atoms. The first-order valence-electron chi connectivity index (χ1n) is 6.28. The summed E-state index contributed by atoms with van der Waals surface area (Å²) in [5, 5.41) is 0.546. The van der Waals surface area contributed by atoms with Crippen LogP contribution in [0.4, 0.5) is 0 Å². The SMILES string of the molecule is CC1CN(CC(=O)c2ccccc2Cl)CCN1C. The summed E-state index contributed by atoms with van der Waals surface area (Å²) < 4.78 is 0. The van der Waals surface area contributed by atoms with E-state index in [1.54, 1.807) is 12.1 Å². The second kappa shape index (κ2) is 5.83. The zero-order chi connectivity index (χ0) is 13.1. The standard InChI is InChI=1S/C14H19ClN2O/c1-11-9-17(8-7-16(11)2)10-14(18)12-5-3-4-6-13(12)15/h3-6,11H,7-10H2,1-2H3. The molecule has 2 rings (SSSR count). The second-order valence-corrected chi connectivity index (χ2v) is 5.37. The zero-order valence-corrected chi connectivity index (χ0v) is 11.7. The Hall–Kier alpha value is -0.900. The molecule has 1 aromatic carbocycles. The summed E-state index contributed by atoms with van der Waals surface area (Å²) in [7, 11) is 2.12. The van der Waals surface area contributed by atoms with Gasteiger partial charge in [-0.05, 0) is 26.1 Å². The molecule has 1 heterocycles. The number of hydrogen-bond donors (Lipinski definition) is 0. The molecule has 0 amide bonds. The lowest BCUT2D eigenvalue weighted by Gasteiger charge is -2.37. The van der Waals surface area contributed by atoms with Gasteiger partial charge in [-0.15, -0.1) is 0 Å². The van der Waals surface area contributed by atoms with E-state index in [4.69, 9.17) is 11.6 Å². The number of benzene rings is 1. The highest BCUT2D eigenvalue weighted by Crippen LogP contribution is 2.16. The van der Waals surface area contributed by atoms with Crippen LogP contribution < -0.4 is 0 Å². The molecule has 1 fully saturated rings. The Labute approximate surface area is 113 Å². The smallest absolute Gasteiger partial charge is 0.178 e. The van der Waals surface area contributed by atoms with Crippen LogP contribution >= 0.6 is 11.6 Å². The van der Waals surface area contributed by atoms with Crippen LogP contribution in [-0.4, -0.2) is 54.9 Å². The molecule has 18 heavy (non-hydrogen) atoms. The minimum atomic E-state index is 0.109. The number of halogens is 1. The Balaban J connectivity index is 1.98. The molecule has 1 unspecified atom stereocenters. The Morgan fingerprint density at radius 3 is 2.78 bits per heavy atom. The Bertz CT molecular complexity index is 436. The van der Waals surface area contributed by atoms with Gasteiger partial charge >= 0.3 is 0 Å². The van der Waals surface area contributed by atoms with Crippen molar-refractivity contribution in [3.63, 3.8) is 0 Å². The number of rotatable bonds is 3. The van der Waals surface area contributed by atoms with Crippen LogP contribution in [-0.2, 0) is 0 Å². The van der Waals surface area contributed by atoms with Crippen molar-refractivity contribution in [2.45, 2.75) is 13.0 Å². The fourth-order valence-corrected chi connectivity index (χ4v) is 2.48. The first kappa shape index (κ1) is 13.5. The molecule has 98 valence electrons. The molecule has 1 aliphatic rings. The van der Waals surface area contributed by atoms with Gasteiger partial charge < -0.3 is 4.90 Å². The molecule has 0 aromatic heterocycles. The van der Waals surface area contributed by atoms with Gasteiger partial charge in [0.25, 0.3) is 0 Å². The van der Waals surface area contributed by atoms with Crippen LogP contribution in [0.15, 0.2) is 24.3 Å². The molecule has 1 saturated heterocycles. The largest absolute Gasteiger partial charge is 0.301 e. The number of ketones is 1. The fourth-order valence-electron chi connectivity index (χ4n) is 2.24. The summed E-state index contributed by atoms with van der Waals surface area (Å²) in [6.45, 7) is 5.54. The van der Waals surface area contributed by atoms with Gasteiger partial charge in [-0.25, -0.2) is 0 Å². The maximum absolute atomic E-state index is 12.2. The van der Waals surface area contributed by atoms with Gasteiger partial charge in [0.2, 0.25) is 0 Å². The van der Waals surface area contributed by atoms with Gasteiger partial charge in [-0.1, -0.05) is 23.7 Å². The van der Waals surface area contributed by atoms with E-state index in [9.17, 15) is 4.79 Å². The summed E-state index contributed by atoms with van der Waals surface area (Å²) in [5.74, 6) is 0.109. The second-order valence-electron chi connectivity index (χ2n) is 4.97. The van der Waals surface area contributed by atoms with E-state index in [0.717, 1.165) is 19.6 Å². The maximum Gasteiger partial charge on any atom is 0.178 e. The Morgan fingerprint density at radius 1 is 1.39 bits per heavy atom. The monoisotopic (exact) mass is 266 g/mol. The molecule has 0 saturated carbocycles. The number of carbonyl (C=O) groups is 1. The van der Waals surface area contributed by atoms with Crippen molar-refractivity contribution >= 4 is 17.4 Å². The van der Waals surface area contributed by atoms with E-state index < -0.39 is 0 Å². The highest BCUT2D eigenvalue weighted by Gasteiger charge is 2.23. The van der Waals surface area contributed by atoms with Gasteiger partial charge in [-0.3, -0.25) is 9.69 Å². The minimum Gasteiger partial charge on any atom is -0.301 e. The summed E-state index contributed by atoms with van der Waals surface area (Å²) in [5.41, 5.74) is 0.630. The number of hydrogen-bond acceptors (Lipinski definition) is 3. The van der Waals surface area contributed by atoms with E-state index in [2.05, 4.69) is 23.8 Å². The van der Waals surface area contributed by atoms with Crippen molar-refractivity contribution in [3.05, 3.63) is 34.9 Å². The summed E-state index contributed by atoms with van der Waals surface area (Å²) in [4.78, 5) is 16.7. The quantitative estimate of drug-likeness (QED) is 0.784. The van der Waals surface area contributed by atoms with Crippen molar-refractivity contribution in [2.24, 2.45) is 0 Å². The van der Waals surface area contributed by atoms with Crippen LogP contribution in [0, 0.1) is 0 Å².